The molecule has 3 saturated heterocycles. The number of carbonyl (C=O) groups excluding carboxylic acids is 1. The second-order valence-electron chi connectivity index (χ2n) is 8.89. The van der Waals surface area contributed by atoms with Crippen molar-refractivity contribution in [1.29, 1.82) is 0 Å². The highest BCUT2D eigenvalue weighted by Crippen LogP contribution is 2.43. The summed E-state index contributed by atoms with van der Waals surface area (Å²) < 4.78 is 11.8. The van der Waals surface area contributed by atoms with Crippen LogP contribution in [-0.2, 0) is 14.3 Å². The molecular formula is C21H36N2O3. The van der Waals surface area contributed by atoms with E-state index in [1.54, 1.807) is 0 Å². The van der Waals surface area contributed by atoms with Crippen LogP contribution in [0, 0.1) is 11.8 Å². The first-order chi connectivity index (χ1) is 12.7. The van der Waals surface area contributed by atoms with Gasteiger partial charge in [-0.15, -0.1) is 0 Å². The molecule has 3 aliphatic heterocycles. The van der Waals surface area contributed by atoms with Gasteiger partial charge in [0.05, 0.1) is 19.1 Å². The van der Waals surface area contributed by atoms with E-state index in [0.717, 1.165) is 57.2 Å². The molecule has 0 aromatic rings. The molecule has 4 fully saturated rings. The van der Waals surface area contributed by atoms with Gasteiger partial charge in [0.25, 0.3) is 0 Å². The second kappa shape index (κ2) is 8.15. The SMILES string of the molecule is CC1CCCCN1CCC1CCN(C(=O)C2CCCC23OCCO3)CC1. The summed E-state index contributed by atoms with van der Waals surface area (Å²) in [6.45, 7) is 8.03. The summed E-state index contributed by atoms with van der Waals surface area (Å²) in [4.78, 5) is 17.9. The Morgan fingerprint density at radius 2 is 1.77 bits per heavy atom. The van der Waals surface area contributed by atoms with E-state index in [4.69, 9.17) is 9.47 Å². The van der Waals surface area contributed by atoms with Crippen molar-refractivity contribution in [3.63, 3.8) is 0 Å². The lowest BCUT2D eigenvalue weighted by atomic mass is 9.91. The second-order valence-corrected chi connectivity index (χ2v) is 8.89. The van der Waals surface area contributed by atoms with Crippen LogP contribution in [0.15, 0.2) is 0 Å². The van der Waals surface area contributed by atoms with Gasteiger partial charge in [0, 0.05) is 25.6 Å². The van der Waals surface area contributed by atoms with E-state index in [9.17, 15) is 4.79 Å². The molecule has 0 radical (unpaired) electrons. The summed E-state index contributed by atoms with van der Waals surface area (Å²) in [5, 5.41) is 0. The lowest BCUT2D eigenvalue weighted by molar-refractivity contribution is -0.192. The van der Waals surface area contributed by atoms with Crippen molar-refractivity contribution in [2.45, 2.75) is 76.5 Å². The molecule has 0 N–H and O–H groups in total. The first-order valence-electron chi connectivity index (χ1n) is 11.0. The van der Waals surface area contributed by atoms with Gasteiger partial charge in [-0.05, 0) is 70.9 Å². The minimum absolute atomic E-state index is 0.0734. The van der Waals surface area contributed by atoms with Crippen LogP contribution < -0.4 is 0 Å². The average molecular weight is 365 g/mol. The van der Waals surface area contributed by atoms with Crippen molar-refractivity contribution < 1.29 is 14.3 Å². The molecule has 3 heterocycles. The quantitative estimate of drug-likeness (QED) is 0.769. The molecule has 1 saturated carbocycles. The van der Waals surface area contributed by atoms with Crippen LogP contribution in [0.25, 0.3) is 0 Å². The van der Waals surface area contributed by atoms with Gasteiger partial charge in [-0.1, -0.05) is 6.42 Å². The number of carbonyl (C=O) groups is 1. The summed E-state index contributed by atoms with van der Waals surface area (Å²) >= 11 is 0. The predicted octanol–water partition coefficient (Wildman–Crippen LogP) is 3.03. The number of amides is 1. The third kappa shape index (κ3) is 3.81. The third-order valence-electron chi connectivity index (χ3n) is 7.31. The van der Waals surface area contributed by atoms with Crippen molar-refractivity contribution in [3.05, 3.63) is 0 Å². The van der Waals surface area contributed by atoms with Gasteiger partial charge >= 0.3 is 0 Å². The van der Waals surface area contributed by atoms with Crippen molar-refractivity contribution in [3.8, 4) is 0 Å². The van der Waals surface area contributed by atoms with Crippen molar-refractivity contribution in [2.75, 3.05) is 39.4 Å². The monoisotopic (exact) mass is 364 g/mol. The molecule has 4 rings (SSSR count). The van der Waals surface area contributed by atoms with E-state index < -0.39 is 5.79 Å². The van der Waals surface area contributed by atoms with E-state index in [-0.39, 0.29) is 11.8 Å². The van der Waals surface area contributed by atoms with Crippen LogP contribution in [0.3, 0.4) is 0 Å². The smallest absolute Gasteiger partial charge is 0.231 e. The van der Waals surface area contributed by atoms with Gasteiger partial charge in [-0.25, -0.2) is 0 Å². The lowest BCUT2D eigenvalue weighted by Gasteiger charge is -2.38. The fourth-order valence-electron chi connectivity index (χ4n) is 5.57. The van der Waals surface area contributed by atoms with E-state index in [1.807, 2.05) is 0 Å². The van der Waals surface area contributed by atoms with Gasteiger partial charge in [-0.3, -0.25) is 4.79 Å². The molecule has 4 aliphatic rings. The molecule has 1 amide bonds. The summed E-state index contributed by atoms with van der Waals surface area (Å²) in [5.74, 6) is 0.408. The number of likely N-dealkylation sites (tertiary alicyclic amines) is 2. The highest BCUT2D eigenvalue weighted by Gasteiger charge is 2.52. The third-order valence-corrected chi connectivity index (χ3v) is 7.31. The molecule has 26 heavy (non-hydrogen) atoms. The Kier molecular flexibility index (Phi) is 5.87. The van der Waals surface area contributed by atoms with Crippen LogP contribution in [-0.4, -0.2) is 66.9 Å². The maximum atomic E-state index is 13.1. The Bertz CT molecular complexity index is 478. The summed E-state index contributed by atoms with van der Waals surface area (Å²) in [6.07, 6.45) is 10.6. The van der Waals surface area contributed by atoms with Crippen LogP contribution in [0.4, 0.5) is 0 Å². The molecule has 5 heteroatoms. The van der Waals surface area contributed by atoms with Crippen LogP contribution >= 0.6 is 0 Å². The molecule has 0 aromatic carbocycles. The summed E-state index contributed by atoms with van der Waals surface area (Å²) in [5.41, 5.74) is 0. The predicted molar refractivity (Wildman–Crippen MR) is 101 cm³/mol. The van der Waals surface area contributed by atoms with Crippen molar-refractivity contribution in [1.82, 2.24) is 9.80 Å². The zero-order valence-electron chi connectivity index (χ0n) is 16.5. The Balaban J connectivity index is 1.24. The van der Waals surface area contributed by atoms with E-state index >= 15 is 0 Å². The Labute approximate surface area is 158 Å². The first kappa shape index (κ1) is 18.7. The molecule has 5 nitrogen and oxygen atoms in total. The maximum absolute atomic E-state index is 13.1. The standard InChI is InChI=1S/C21H36N2O3/c1-17-5-2-3-11-22(17)12-7-18-8-13-23(14-9-18)20(24)19-6-4-10-21(19)25-15-16-26-21/h17-19H,2-16H2,1H3. The Morgan fingerprint density at radius 3 is 2.50 bits per heavy atom. The number of hydrogen-bond donors (Lipinski definition) is 0. The minimum atomic E-state index is -0.585. The number of hydrogen-bond acceptors (Lipinski definition) is 4. The van der Waals surface area contributed by atoms with Crippen molar-refractivity contribution >= 4 is 5.91 Å². The highest BCUT2D eigenvalue weighted by atomic mass is 16.7. The Hall–Kier alpha value is -0.650. The van der Waals surface area contributed by atoms with E-state index in [0.29, 0.717) is 13.2 Å². The lowest BCUT2D eigenvalue weighted by Crippen LogP contribution is -2.48. The molecule has 2 atom stereocenters. The molecular weight excluding hydrogens is 328 g/mol. The number of rotatable bonds is 4. The Morgan fingerprint density at radius 1 is 1.00 bits per heavy atom. The van der Waals surface area contributed by atoms with E-state index in [1.165, 1.54) is 38.8 Å². The highest BCUT2D eigenvalue weighted by molar-refractivity contribution is 5.80. The molecule has 1 spiro atoms. The first-order valence-corrected chi connectivity index (χ1v) is 11.0. The zero-order valence-corrected chi connectivity index (χ0v) is 16.5. The van der Waals surface area contributed by atoms with Gasteiger partial charge in [0.1, 0.15) is 0 Å². The molecule has 0 aromatic heterocycles. The number of ether oxygens (including phenoxy) is 2. The van der Waals surface area contributed by atoms with Gasteiger partial charge in [0.15, 0.2) is 5.79 Å². The maximum Gasteiger partial charge on any atom is 0.231 e. The van der Waals surface area contributed by atoms with Crippen LogP contribution in [0.2, 0.25) is 0 Å². The zero-order chi connectivity index (χ0) is 18.0. The largest absolute Gasteiger partial charge is 0.347 e. The average Bonchev–Trinajstić information content (AvgIpc) is 3.31. The van der Waals surface area contributed by atoms with Crippen LogP contribution in [0.1, 0.15) is 64.7 Å². The summed E-state index contributed by atoms with van der Waals surface area (Å²) in [6, 6.07) is 0.760. The molecule has 1 aliphatic carbocycles. The van der Waals surface area contributed by atoms with Crippen molar-refractivity contribution in [2.24, 2.45) is 11.8 Å². The van der Waals surface area contributed by atoms with Gasteiger partial charge < -0.3 is 19.3 Å². The normalized spacial score (nSPS) is 33.2. The van der Waals surface area contributed by atoms with Gasteiger partial charge in [-0.2, -0.15) is 0 Å². The number of nitrogens with zero attached hydrogens (tertiary/aromatic N) is 2. The molecule has 2 unspecified atom stereocenters. The minimum Gasteiger partial charge on any atom is -0.347 e. The fraction of sp³-hybridized carbons (Fsp3) is 0.952. The summed E-state index contributed by atoms with van der Waals surface area (Å²) in [7, 11) is 0. The van der Waals surface area contributed by atoms with Gasteiger partial charge in [0.2, 0.25) is 5.91 Å². The fourth-order valence-corrected chi connectivity index (χ4v) is 5.57. The van der Waals surface area contributed by atoms with Crippen LogP contribution in [0.5, 0.6) is 0 Å². The topological polar surface area (TPSA) is 42.0 Å². The molecule has 148 valence electrons. The van der Waals surface area contributed by atoms with E-state index in [2.05, 4.69) is 16.7 Å². The molecule has 0 bridgehead atoms. The number of piperidine rings is 2.